The number of hydrogen-bond acceptors (Lipinski definition) is 3. The third-order valence-electron chi connectivity index (χ3n) is 2.44. The largest absolute Gasteiger partial charge is 0.478 e. The lowest BCUT2D eigenvalue weighted by atomic mass is 10.2. The minimum atomic E-state index is -0.988. The number of benzene rings is 1. The van der Waals surface area contributed by atoms with E-state index < -0.39 is 5.97 Å². The topological polar surface area (TPSA) is 59.4 Å². The number of carboxylic acid groups (broad SMARTS) is 1. The average Bonchev–Trinajstić information content (AvgIpc) is 2.37. The van der Waals surface area contributed by atoms with Crippen molar-refractivity contribution in [2.45, 2.75) is 6.92 Å². The predicted octanol–water partition coefficient (Wildman–Crippen LogP) is 4.25. The van der Waals surface area contributed by atoms with E-state index in [1.807, 2.05) is 13.0 Å². The van der Waals surface area contributed by atoms with Gasteiger partial charge in [-0.3, -0.25) is 0 Å². The van der Waals surface area contributed by atoms with Crippen molar-refractivity contribution in [3.8, 4) is 11.6 Å². The minimum absolute atomic E-state index is 0.180. The highest BCUT2D eigenvalue weighted by atomic mass is 127. The Labute approximate surface area is 132 Å². The Morgan fingerprint density at radius 3 is 2.84 bits per heavy atom. The fourth-order valence-corrected chi connectivity index (χ4v) is 2.17. The minimum Gasteiger partial charge on any atom is -0.478 e. The van der Waals surface area contributed by atoms with E-state index in [1.165, 1.54) is 12.1 Å². The molecule has 6 heteroatoms. The number of rotatable bonds is 3. The normalized spacial score (nSPS) is 10.3. The van der Waals surface area contributed by atoms with Crippen LogP contribution < -0.4 is 4.74 Å². The summed E-state index contributed by atoms with van der Waals surface area (Å²) in [7, 11) is 0. The summed E-state index contributed by atoms with van der Waals surface area (Å²) in [6, 6.07) is 6.58. The van der Waals surface area contributed by atoms with Gasteiger partial charge in [0.15, 0.2) is 0 Å². The first-order valence-corrected chi connectivity index (χ1v) is 7.18. The molecule has 0 unspecified atom stereocenters. The van der Waals surface area contributed by atoms with E-state index in [1.54, 1.807) is 12.3 Å². The van der Waals surface area contributed by atoms with Crippen LogP contribution in [-0.4, -0.2) is 16.1 Å². The Morgan fingerprint density at radius 2 is 2.16 bits per heavy atom. The number of halogens is 2. The number of aryl methyl sites for hydroxylation is 1. The van der Waals surface area contributed by atoms with E-state index >= 15 is 0 Å². The first-order valence-electron chi connectivity index (χ1n) is 5.31. The Bertz CT molecular complexity index is 646. The molecule has 0 atom stereocenters. The molecule has 0 bridgehead atoms. The van der Waals surface area contributed by atoms with E-state index in [0.717, 1.165) is 13.6 Å². The summed E-state index contributed by atoms with van der Waals surface area (Å²) >= 11 is 5.49. The molecule has 1 aromatic carbocycles. The summed E-state index contributed by atoms with van der Waals surface area (Å²) in [5.74, 6) is -0.0997. The third-order valence-corrected chi connectivity index (χ3v) is 4.29. The van der Waals surface area contributed by atoms with Crippen molar-refractivity contribution in [2.75, 3.05) is 0 Å². The second-order valence-corrected chi connectivity index (χ2v) is 5.75. The average molecular weight is 434 g/mol. The molecule has 0 saturated carbocycles. The van der Waals surface area contributed by atoms with Gasteiger partial charge < -0.3 is 9.84 Å². The molecule has 0 radical (unpaired) electrons. The molecular formula is C13H9BrINO3. The van der Waals surface area contributed by atoms with Gasteiger partial charge in [-0.05, 0) is 75.3 Å². The highest BCUT2D eigenvalue weighted by molar-refractivity contribution is 14.1. The van der Waals surface area contributed by atoms with E-state index in [2.05, 4.69) is 43.5 Å². The molecule has 1 heterocycles. The van der Waals surface area contributed by atoms with E-state index in [9.17, 15) is 4.79 Å². The zero-order valence-corrected chi connectivity index (χ0v) is 13.6. The lowest BCUT2D eigenvalue weighted by Crippen LogP contribution is -1.98. The van der Waals surface area contributed by atoms with Gasteiger partial charge in [0.25, 0.3) is 0 Å². The van der Waals surface area contributed by atoms with Crippen LogP contribution in [0.4, 0.5) is 0 Å². The van der Waals surface area contributed by atoms with E-state index in [0.29, 0.717) is 11.6 Å². The van der Waals surface area contributed by atoms with Crippen molar-refractivity contribution >= 4 is 44.5 Å². The first kappa shape index (κ1) is 14.3. The van der Waals surface area contributed by atoms with Crippen LogP contribution in [-0.2, 0) is 0 Å². The number of nitrogens with zero attached hydrogens (tertiary/aromatic N) is 1. The van der Waals surface area contributed by atoms with Gasteiger partial charge in [-0.25, -0.2) is 9.78 Å². The maximum absolute atomic E-state index is 11.0. The van der Waals surface area contributed by atoms with Crippen molar-refractivity contribution in [1.82, 2.24) is 4.98 Å². The molecule has 19 heavy (non-hydrogen) atoms. The molecule has 0 amide bonds. The van der Waals surface area contributed by atoms with Crippen molar-refractivity contribution in [3.63, 3.8) is 0 Å². The number of pyridine rings is 1. The molecule has 2 rings (SSSR count). The van der Waals surface area contributed by atoms with Crippen molar-refractivity contribution < 1.29 is 14.6 Å². The lowest BCUT2D eigenvalue weighted by molar-refractivity contribution is 0.0696. The predicted molar refractivity (Wildman–Crippen MR) is 82.9 cm³/mol. The van der Waals surface area contributed by atoms with Gasteiger partial charge in [-0.1, -0.05) is 0 Å². The molecule has 0 spiro atoms. The molecule has 4 nitrogen and oxygen atoms in total. The second kappa shape index (κ2) is 5.87. The number of ether oxygens (including phenoxy) is 1. The van der Waals surface area contributed by atoms with Crippen molar-refractivity contribution in [2.24, 2.45) is 0 Å². The molecular weight excluding hydrogens is 425 g/mol. The molecule has 1 aromatic heterocycles. The Hall–Kier alpha value is -1.15. The number of carbonyl (C=O) groups is 1. The van der Waals surface area contributed by atoms with Gasteiger partial charge in [0.1, 0.15) is 5.75 Å². The summed E-state index contributed by atoms with van der Waals surface area (Å²) in [4.78, 5) is 15.1. The highest BCUT2D eigenvalue weighted by Gasteiger charge is 2.12. The van der Waals surface area contributed by atoms with Crippen LogP contribution in [0.3, 0.4) is 0 Å². The molecule has 0 aliphatic carbocycles. The smallest absolute Gasteiger partial charge is 0.335 e. The van der Waals surface area contributed by atoms with Crippen LogP contribution in [0.15, 0.2) is 34.9 Å². The quantitative estimate of drug-likeness (QED) is 0.735. The fourth-order valence-electron chi connectivity index (χ4n) is 1.41. The number of hydrogen-bond donors (Lipinski definition) is 1. The highest BCUT2D eigenvalue weighted by Crippen LogP contribution is 2.32. The van der Waals surface area contributed by atoms with E-state index in [-0.39, 0.29) is 5.56 Å². The summed E-state index contributed by atoms with van der Waals surface area (Å²) in [5, 5.41) is 8.98. The van der Waals surface area contributed by atoms with Gasteiger partial charge in [0, 0.05) is 6.20 Å². The molecule has 0 aliphatic heterocycles. The van der Waals surface area contributed by atoms with Gasteiger partial charge in [0.2, 0.25) is 5.88 Å². The summed E-state index contributed by atoms with van der Waals surface area (Å²) in [5.41, 5.74) is 1.17. The van der Waals surface area contributed by atoms with Crippen LogP contribution in [0.5, 0.6) is 11.6 Å². The van der Waals surface area contributed by atoms with Gasteiger partial charge in [-0.2, -0.15) is 0 Å². The second-order valence-electron chi connectivity index (χ2n) is 3.80. The van der Waals surface area contributed by atoms with Gasteiger partial charge in [-0.15, -0.1) is 0 Å². The van der Waals surface area contributed by atoms with Gasteiger partial charge in [0.05, 0.1) is 13.6 Å². The van der Waals surface area contributed by atoms with Crippen LogP contribution in [0, 0.1) is 10.5 Å². The molecule has 1 N–H and O–H groups in total. The molecule has 0 aliphatic rings. The Kier molecular flexibility index (Phi) is 4.41. The first-order chi connectivity index (χ1) is 8.99. The molecule has 0 fully saturated rings. The van der Waals surface area contributed by atoms with Crippen LogP contribution in [0.25, 0.3) is 0 Å². The van der Waals surface area contributed by atoms with Crippen molar-refractivity contribution in [1.29, 1.82) is 0 Å². The van der Waals surface area contributed by atoms with Crippen molar-refractivity contribution in [3.05, 3.63) is 49.6 Å². The third kappa shape index (κ3) is 3.24. The molecule has 0 saturated heterocycles. The number of aromatic nitrogens is 1. The summed E-state index contributed by atoms with van der Waals surface area (Å²) in [6.07, 6.45) is 1.64. The number of carboxylic acids is 1. The zero-order valence-electron chi connectivity index (χ0n) is 9.85. The summed E-state index contributed by atoms with van der Waals surface area (Å²) < 4.78 is 7.26. The summed E-state index contributed by atoms with van der Waals surface area (Å²) in [6.45, 7) is 1.93. The zero-order chi connectivity index (χ0) is 14.0. The SMILES string of the molecule is Cc1ccnc(Oc2cc(C(=O)O)ccc2I)c1Br. The molecule has 98 valence electrons. The Balaban J connectivity index is 2.40. The lowest BCUT2D eigenvalue weighted by Gasteiger charge is -2.10. The van der Waals surface area contributed by atoms with E-state index in [4.69, 9.17) is 9.84 Å². The van der Waals surface area contributed by atoms with Gasteiger partial charge >= 0.3 is 5.97 Å². The Morgan fingerprint density at radius 1 is 1.42 bits per heavy atom. The van der Waals surface area contributed by atoms with Crippen LogP contribution in [0.1, 0.15) is 15.9 Å². The van der Waals surface area contributed by atoms with Crippen LogP contribution in [0.2, 0.25) is 0 Å². The van der Waals surface area contributed by atoms with Crippen LogP contribution >= 0.6 is 38.5 Å². The fraction of sp³-hybridized carbons (Fsp3) is 0.0769. The maximum atomic E-state index is 11.0. The standard InChI is InChI=1S/C13H9BrINO3/c1-7-4-5-16-12(11(7)14)19-10-6-8(13(17)18)2-3-9(10)15/h2-6H,1H3,(H,17,18). The monoisotopic (exact) mass is 433 g/mol. The number of aromatic carboxylic acids is 1. The molecule has 2 aromatic rings. The maximum Gasteiger partial charge on any atom is 0.335 e.